The molecule has 1 fully saturated rings. The van der Waals surface area contributed by atoms with Crippen molar-refractivity contribution >= 4 is 40.5 Å². The zero-order valence-corrected chi connectivity index (χ0v) is 18.2. The minimum Gasteiger partial charge on any atom is -0.544 e. The summed E-state index contributed by atoms with van der Waals surface area (Å²) >= 11 is 2.10. The van der Waals surface area contributed by atoms with Crippen molar-refractivity contribution in [1.29, 1.82) is 0 Å². The van der Waals surface area contributed by atoms with Crippen molar-refractivity contribution in [3.8, 4) is 5.75 Å². The van der Waals surface area contributed by atoms with Crippen LogP contribution >= 0.6 is 22.6 Å². The van der Waals surface area contributed by atoms with Crippen LogP contribution in [-0.4, -0.2) is 29.9 Å². The molecule has 160 valence electrons. The number of hydrogen-bond acceptors (Lipinski definition) is 6. The molecule has 0 spiro atoms. The van der Waals surface area contributed by atoms with E-state index in [0.29, 0.717) is 25.0 Å². The molecule has 1 aromatic carbocycles. The van der Waals surface area contributed by atoms with Crippen molar-refractivity contribution < 1.29 is 37.7 Å². The van der Waals surface area contributed by atoms with Crippen LogP contribution < -0.4 is 9.84 Å². The lowest BCUT2D eigenvalue weighted by atomic mass is 9.79. The van der Waals surface area contributed by atoms with Gasteiger partial charge in [-0.25, -0.2) is 0 Å². The Bertz CT molecular complexity index is 750. The number of alkyl halides is 2. The largest absolute Gasteiger partial charge is 0.544 e. The highest BCUT2D eigenvalue weighted by Gasteiger charge is 2.48. The molecule has 6 nitrogen and oxygen atoms in total. The fourth-order valence-corrected chi connectivity index (χ4v) is 3.71. The van der Waals surface area contributed by atoms with E-state index in [1.807, 2.05) is 0 Å². The Hall–Kier alpha value is -1.78. The van der Waals surface area contributed by atoms with Crippen LogP contribution in [-0.2, 0) is 19.1 Å². The summed E-state index contributed by atoms with van der Waals surface area (Å²) in [5, 5.41) is 10.8. The van der Waals surface area contributed by atoms with E-state index in [4.69, 9.17) is 9.47 Å². The molecule has 1 aromatic rings. The predicted octanol–water partition coefficient (Wildman–Crippen LogP) is 2.96. The van der Waals surface area contributed by atoms with Crippen molar-refractivity contribution in [2.45, 2.75) is 51.6 Å². The molecule has 0 bridgehead atoms. The van der Waals surface area contributed by atoms with Gasteiger partial charge in [0.25, 0.3) is 0 Å². The lowest BCUT2D eigenvalue weighted by molar-refractivity contribution is -0.337. The predicted molar refractivity (Wildman–Crippen MR) is 105 cm³/mol. The van der Waals surface area contributed by atoms with E-state index in [-0.39, 0.29) is 6.42 Å². The van der Waals surface area contributed by atoms with Gasteiger partial charge < -0.3 is 19.4 Å². The first-order valence-corrected chi connectivity index (χ1v) is 10.4. The molecular formula is C20H22F2IO6-. The molecule has 3 unspecified atom stereocenters. The maximum atomic E-state index is 13.9. The average molecular weight is 523 g/mol. The Kier molecular flexibility index (Phi) is 7.95. The Morgan fingerprint density at radius 2 is 1.59 bits per heavy atom. The molecule has 1 aliphatic rings. The maximum Gasteiger partial charge on any atom is 0.323 e. The Balaban J connectivity index is 2.14. The SMILES string of the molecule is CC(C)C(OC(=O)C1CCCCC1C(=O)Oc1ccc(I)cc1)C(F)(F)C(=O)[O-]. The average Bonchev–Trinajstić information content (AvgIpc) is 2.67. The number of carboxylic acid groups (broad SMARTS) is 1. The molecule has 1 saturated carbocycles. The summed E-state index contributed by atoms with van der Waals surface area (Å²) in [5.41, 5.74) is 0. The van der Waals surface area contributed by atoms with Crippen LogP contribution in [0.5, 0.6) is 5.75 Å². The molecule has 0 amide bonds. The van der Waals surface area contributed by atoms with E-state index < -0.39 is 47.7 Å². The lowest BCUT2D eigenvalue weighted by Crippen LogP contribution is -2.54. The normalized spacial score (nSPS) is 20.8. The lowest BCUT2D eigenvalue weighted by Gasteiger charge is -2.33. The fourth-order valence-electron chi connectivity index (χ4n) is 3.35. The van der Waals surface area contributed by atoms with E-state index in [0.717, 1.165) is 3.57 Å². The number of carboxylic acids is 1. The number of hydrogen-bond donors (Lipinski definition) is 0. The van der Waals surface area contributed by atoms with Gasteiger partial charge in [0.2, 0.25) is 0 Å². The molecule has 0 radical (unpaired) electrons. The van der Waals surface area contributed by atoms with Crippen LogP contribution in [0, 0.1) is 21.3 Å². The third kappa shape index (κ3) is 5.86. The van der Waals surface area contributed by atoms with Crippen molar-refractivity contribution in [3.63, 3.8) is 0 Å². The summed E-state index contributed by atoms with van der Waals surface area (Å²) in [4.78, 5) is 36.0. The molecule has 3 atom stereocenters. The molecule has 0 aromatic heterocycles. The molecule has 29 heavy (non-hydrogen) atoms. The van der Waals surface area contributed by atoms with Crippen molar-refractivity contribution in [2.75, 3.05) is 0 Å². The van der Waals surface area contributed by atoms with Crippen molar-refractivity contribution in [3.05, 3.63) is 27.8 Å². The van der Waals surface area contributed by atoms with Gasteiger partial charge in [0.15, 0.2) is 6.10 Å². The highest BCUT2D eigenvalue weighted by atomic mass is 127. The number of carbonyl (C=O) groups excluding carboxylic acids is 3. The molecule has 2 rings (SSSR count). The first kappa shape index (κ1) is 23.5. The molecule has 9 heteroatoms. The van der Waals surface area contributed by atoms with Crippen LogP contribution in [0.25, 0.3) is 0 Å². The minimum atomic E-state index is -4.34. The maximum absolute atomic E-state index is 13.9. The molecular weight excluding hydrogens is 501 g/mol. The van der Waals surface area contributed by atoms with E-state index in [1.54, 1.807) is 24.3 Å². The number of esters is 2. The molecule has 0 saturated heterocycles. The number of rotatable bonds is 7. The fraction of sp³-hybridized carbons (Fsp3) is 0.550. The zero-order valence-electron chi connectivity index (χ0n) is 16.0. The molecule has 1 aliphatic carbocycles. The molecule has 0 heterocycles. The summed E-state index contributed by atoms with van der Waals surface area (Å²) < 4.78 is 39.1. The number of benzene rings is 1. The second kappa shape index (κ2) is 9.82. The van der Waals surface area contributed by atoms with Gasteiger partial charge in [-0.3, -0.25) is 9.59 Å². The van der Waals surface area contributed by atoms with E-state index in [1.165, 1.54) is 13.8 Å². The van der Waals surface area contributed by atoms with Gasteiger partial charge in [-0.05, 0) is 65.6 Å². The smallest absolute Gasteiger partial charge is 0.323 e. The number of aliphatic carboxylic acids is 1. The third-order valence-electron chi connectivity index (χ3n) is 4.88. The number of halogens is 3. The van der Waals surface area contributed by atoms with Gasteiger partial charge in [-0.1, -0.05) is 26.7 Å². The Labute approximate surface area is 181 Å². The summed E-state index contributed by atoms with van der Waals surface area (Å²) in [6.45, 7) is 2.64. The van der Waals surface area contributed by atoms with Crippen molar-refractivity contribution in [2.24, 2.45) is 17.8 Å². The summed E-state index contributed by atoms with van der Waals surface area (Å²) in [5.74, 6) is -11.1. The molecule has 0 aliphatic heterocycles. The van der Waals surface area contributed by atoms with Gasteiger partial charge in [-0.15, -0.1) is 0 Å². The first-order chi connectivity index (χ1) is 13.5. The Morgan fingerprint density at radius 3 is 2.07 bits per heavy atom. The van der Waals surface area contributed by atoms with Crippen LogP contribution in [0.2, 0.25) is 0 Å². The first-order valence-electron chi connectivity index (χ1n) is 9.31. The standard InChI is InChI=1S/C20H23F2IO6/c1-11(2)16(20(21,22)19(26)27)29-18(25)15-6-4-3-5-14(15)17(24)28-13-9-7-12(23)8-10-13/h7-11,14-16H,3-6H2,1-2H3,(H,26,27)/p-1. The number of ether oxygens (including phenoxy) is 2. The van der Waals surface area contributed by atoms with Gasteiger partial charge in [0, 0.05) is 3.57 Å². The second-order valence-electron chi connectivity index (χ2n) is 7.38. The van der Waals surface area contributed by atoms with E-state index >= 15 is 0 Å². The topological polar surface area (TPSA) is 92.7 Å². The Morgan fingerprint density at radius 1 is 1.07 bits per heavy atom. The zero-order chi connectivity index (χ0) is 21.8. The van der Waals surface area contributed by atoms with Gasteiger partial charge in [0.05, 0.1) is 11.8 Å². The van der Waals surface area contributed by atoms with Crippen LogP contribution in [0.15, 0.2) is 24.3 Å². The van der Waals surface area contributed by atoms with Crippen LogP contribution in [0.1, 0.15) is 39.5 Å². The molecule has 0 N–H and O–H groups in total. The van der Waals surface area contributed by atoms with Crippen LogP contribution in [0.3, 0.4) is 0 Å². The summed E-state index contributed by atoms with van der Waals surface area (Å²) in [7, 11) is 0. The van der Waals surface area contributed by atoms with Gasteiger partial charge in [0.1, 0.15) is 11.7 Å². The quantitative estimate of drug-likeness (QED) is 0.310. The summed E-state index contributed by atoms with van der Waals surface area (Å²) in [6, 6.07) is 6.74. The minimum absolute atomic E-state index is 0.271. The highest BCUT2D eigenvalue weighted by molar-refractivity contribution is 14.1. The second-order valence-corrected chi connectivity index (χ2v) is 8.63. The monoisotopic (exact) mass is 523 g/mol. The van der Waals surface area contributed by atoms with Gasteiger partial charge >= 0.3 is 17.9 Å². The highest BCUT2D eigenvalue weighted by Crippen LogP contribution is 2.35. The van der Waals surface area contributed by atoms with E-state index in [2.05, 4.69) is 22.6 Å². The third-order valence-corrected chi connectivity index (χ3v) is 5.60. The van der Waals surface area contributed by atoms with Crippen molar-refractivity contribution in [1.82, 2.24) is 0 Å². The van der Waals surface area contributed by atoms with Crippen LogP contribution in [0.4, 0.5) is 8.78 Å². The number of carbonyl (C=O) groups is 3. The summed E-state index contributed by atoms with van der Waals surface area (Å²) in [6.07, 6.45) is -0.260. The van der Waals surface area contributed by atoms with Gasteiger partial charge in [-0.2, -0.15) is 8.78 Å². The van der Waals surface area contributed by atoms with E-state index in [9.17, 15) is 28.3 Å².